The largest absolute Gasteiger partial charge is 0.464 e. The van der Waals surface area contributed by atoms with Crippen LogP contribution >= 0.6 is 0 Å². The normalized spacial score (nSPS) is 15.0. The van der Waals surface area contributed by atoms with E-state index in [0.717, 1.165) is 31.7 Å². The lowest BCUT2D eigenvalue weighted by Crippen LogP contribution is -2.57. The maximum absolute atomic E-state index is 11.5. The molecule has 1 N–H and O–H groups in total. The van der Waals surface area contributed by atoms with Gasteiger partial charge in [0, 0.05) is 31.5 Å². The van der Waals surface area contributed by atoms with Crippen LogP contribution in [0, 0.1) is 0 Å². The van der Waals surface area contributed by atoms with Crippen molar-refractivity contribution < 1.29 is 9.53 Å². The summed E-state index contributed by atoms with van der Waals surface area (Å²) in [6, 6.07) is 4.26. The number of rotatable bonds is 5. The molecule has 1 aromatic rings. The van der Waals surface area contributed by atoms with E-state index in [9.17, 15) is 4.79 Å². The predicted octanol–water partition coefficient (Wildman–Crippen LogP) is 1.06. The summed E-state index contributed by atoms with van der Waals surface area (Å²) >= 11 is 0. The molecule has 1 aliphatic rings. The molecule has 0 radical (unpaired) electrons. The van der Waals surface area contributed by atoms with Crippen molar-refractivity contribution in [3.05, 3.63) is 24.0 Å². The van der Waals surface area contributed by atoms with Gasteiger partial charge in [0.25, 0.3) is 0 Å². The third-order valence-electron chi connectivity index (χ3n) is 3.13. The quantitative estimate of drug-likeness (QED) is 0.791. The van der Waals surface area contributed by atoms with Crippen LogP contribution in [0.2, 0.25) is 0 Å². The van der Waals surface area contributed by atoms with Crippen LogP contribution in [0.3, 0.4) is 0 Å². The Balaban J connectivity index is 2.21. The number of nitrogens with one attached hydrogen (secondary N) is 1. The van der Waals surface area contributed by atoms with E-state index in [-0.39, 0.29) is 5.97 Å². The van der Waals surface area contributed by atoms with E-state index in [1.807, 2.05) is 6.07 Å². The number of aromatic nitrogens is 1. The molecule has 0 bridgehead atoms. The fraction of sp³-hybridized carbons (Fsp3) is 0.538. The second-order valence-electron chi connectivity index (χ2n) is 4.40. The Morgan fingerprint density at radius 2 is 2.39 bits per heavy atom. The van der Waals surface area contributed by atoms with Crippen molar-refractivity contribution in [2.24, 2.45) is 0 Å². The van der Waals surface area contributed by atoms with Crippen molar-refractivity contribution in [2.75, 3.05) is 31.6 Å². The number of esters is 1. The summed E-state index contributed by atoms with van der Waals surface area (Å²) in [5, 5.41) is 3.27. The first-order valence-corrected chi connectivity index (χ1v) is 6.28. The van der Waals surface area contributed by atoms with Gasteiger partial charge in [-0.1, -0.05) is 6.92 Å². The molecule has 0 amide bonds. The van der Waals surface area contributed by atoms with Gasteiger partial charge in [0.2, 0.25) is 0 Å². The summed E-state index contributed by atoms with van der Waals surface area (Å²) in [4.78, 5) is 17.8. The maximum atomic E-state index is 11.5. The first kappa shape index (κ1) is 12.8. The zero-order valence-electron chi connectivity index (χ0n) is 10.8. The van der Waals surface area contributed by atoms with Crippen LogP contribution in [0.5, 0.6) is 0 Å². The molecule has 18 heavy (non-hydrogen) atoms. The minimum atomic E-state index is -0.389. The topological polar surface area (TPSA) is 54.5 Å². The van der Waals surface area contributed by atoms with Gasteiger partial charge in [-0.15, -0.1) is 0 Å². The Bertz CT molecular complexity index is 418. The molecule has 5 nitrogen and oxygen atoms in total. The number of ether oxygens (including phenoxy) is 1. The minimum Gasteiger partial charge on any atom is -0.464 e. The fourth-order valence-electron chi connectivity index (χ4n) is 2.07. The van der Waals surface area contributed by atoms with E-state index >= 15 is 0 Å². The third-order valence-corrected chi connectivity index (χ3v) is 3.13. The van der Waals surface area contributed by atoms with E-state index in [0.29, 0.717) is 11.7 Å². The van der Waals surface area contributed by atoms with Gasteiger partial charge in [-0.25, -0.2) is 9.78 Å². The average Bonchev–Trinajstić information content (AvgIpc) is 2.35. The lowest BCUT2D eigenvalue weighted by atomic mass is 10.1. The molecular formula is C13H19N3O2. The van der Waals surface area contributed by atoms with Crippen molar-refractivity contribution in [3.8, 4) is 0 Å². The van der Waals surface area contributed by atoms with Gasteiger partial charge in [0.1, 0.15) is 5.69 Å². The van der Waals surface area contributed by atoms with Crippen molar-refractivity contribution in [1.82, 2.24) is 10.3 Å². The molecule has 0 unspecified atom stereocenters. The van der Waals surface area contributed by atoms with Crippen LogP contribution in [-0.4, -0.2) is 43.7 Å². The summed E-state index contributed by atoms with van der Waals surface area (Å²) in [7, 11) is 1.37. The number of hydrogen-bond acceptors (Lipinski definition) is 5. The molecule has 1 aromatic heterocycles. The number of methoxy groups -OCH3 is 1. The third kappa shape index (κ3) is 2.61. The van der Waals surface area contributed by atoms with Crippen LogP contribution in [0.15, 0.2) is 18.3 Å². The first-order chi connectivity index (χ1) is 8.76. The highest BCUT2D eigenvalue weighted by molar-refractivity contribution is 5.88. The van der Waals surface area contributed by atoms with Crippen LogP contribution in [-0.2, 0) is 4.74 Å². The number of anilines is 1. The van der Waals surface area contributed by atoms with E-state index in [1.165, 1.54) is 7.11 Å². The molecule has 0 spiro atoms. The Morgan fingerprint density at radius 1 is 1.61 bits per heavy atom. The molecule has 1 fully saturated rings. The van der Waals surface area contributed by atoms with Crippen molar-refractivity contribution >= 4 is 11.7 Å². The summed E-state index contributed by atoms with van der Waals surface area (Å²) < 4.78 is 4.70. The second-order valence-corrected chi connectivity index (χ2v) is 4.40. The van der Waals surface area contributed by atoms with Gasteiger partial charge < -0.3 is 15.0 Å². The molecule has 2 rings (SSSR count). The molecule has 98 valence electrons. The molecule has 0 saturated carbocycles. The molecule has 2 heterocycles. The number of pyridine rings is 1. The van der Waals surface area contributed by atoms with Crippen molar-refractivity contribution in [2.45, 2.75) is 19.4 Å². The molecule has 5 heteroatoms. The minimum absolute atomic E-state index is 0.364. The van der Waals surface area contributed by atoms with Crippen LogP contribution < -0.4 is 10.2 Å². The molecule has 1 saturated heterocycles. The highest BCUT2D eigenvalue weighted by Gasteiger charge is 2.24. The zero-order chi connectivity index (χ0) is 13.0. The van der Waals surface area contributed by atoms with Crippen molar-refractivity contribution in [1.29, 1.82) is 0 Å². The SMILES string of the molecule is CCCN(c1ccnc(C(=O)OC)c1)C1CNC1. The van der Waals surface area contributed by atoms with E-state index in [4.69, 9.17) is 4.74 Å². The lowest BCUT2D eigenvalue weighted by Gasteiger charge is -2.39. The van der Waals surface area contributed by atoms with Gasteiger partial charge in [0.15, 0.2) is 0 Å². The van der Waals surface area contributed by atoms with E-state index < -0.39 is 0 Å². The molecule has 1 aliphatic heterocycles. The number of nitrogens with zero attached hydrogens (tertiary/aromatic N) is 2. The van der Waals surface area contributed by atoms with E-state index in [2.05, 4.69) is 22.1 Å². The van der Waals surface area contributed by atoms with Gasteiger partial charge in [-0.05, 0) is 18.6 Å². The number of carbonyl (C=O) groups is 1. The Kier molecular flexibility index (Phi) is 4.15. The molecular weight excluding hydrogens is 230 g/mol. The van der Waals surface area contributed by atoms with Gasteiger partial charge in [0.05, 0.1) is 13.2 Å². The summed E-state index contributed by atoms with van der Waals surface area (Å²) in [6.07, 6.45) is 2.74. The predicted molar refractivity (Wildman–Crippen MR) is 69.9 cm³/mol. The molecule has 0 atom stereocenters. The zero-order valence-corrected chi connectivity index (χ0v) is 10.8. The van der Waals surface area contributed by atoms with Gasteiger partial charge in [-0.3, -0.25) is 0 Å². The monoisotopic (exact) mass is 249 g/mol. The smallest absolute Gasteiger partial charge is 0.356 e. The highest BCUT2D eigenvalue weighted by Crippen LogP contribution is 2.20. The van der Waals surface area contributed by atoms with Crippen LogP contribution in [0.4, 0.5) is 5.69 Å². The molecule has 0 aliphatic carbocycles. The second kappa shape index (κ2) is 5.82. The van der Waals surface area contributed by atoms with Crippen LogP contribution in [0.25, 0.3) is 0 Å². The Hall–Kier alpha value is -1.62. The summed E-state index contributed by atoms with van der Waals surface area (Å²) in [6.45, 7) is 5.13. The molecule has 0 aromatic carbocycles. The average molecular weight is 249 g/mol. The first-order valence-electron chi connectivity index (χ1n) is 6.28. The summed E-state index contributed by atoms with van der Waals surface area (Å²) in [5.41, 5.74) is 1.40. The van der Waals surface area contributed by atoms with Crippen molar-refractivity contribution in [3.63, 3.8) is 0 Å². The van der Waals surface area contributed by atoms with Crippen LogP contribution in [0.1, 0.15) is 23.8 Å². The Morgan fingerprint density at radius 3 is 2.94 bits per heavy atom. The van der Waals surface area contributed by atoms with E-state index in [1.54, 1.807) is 12.3 Å². The number of hydrogen-bond donors (Lipinski definition) is 1. The highest BCUT2D eigenvalue weighted by atomic mass is 16.5. The van der Waals surface area contributed by atoms with Gasteiger partial charge in [-0.2, -0.15) is 0 Å². The van der Waals surface area contributed by atoms with Gasteiger partial charge >= 0.3 is 5.97 Å². The fourth-order valence-corrected chi connectivity index (χ4v) is 2.07. The maximum Gasteiger partial charge on any atom is 0.356 e. The summed E-state index contributed by atoms with van der Waals surface area (Å²) in [5.74, 6) is -0.389. The Labute approximate surface area is 107 Å². The lowest BCUT2D eigenvalue weighted by molar-refractivity contribution is 0.0594. The standard InChI is InChI=1S/C13H19N3O2/c1-3-6-16(11-8-14-9-11)10-4-5-15-12(7-10)13(17)18-2/h4-5,7,11,14H,3,6,8-9H2,1-2H3. The number of carbonyl (C=O) groups excluding carboxylic acids is 1.